The van der Waals surface area contributed by atoms with Crippen molar-refractivity contribution in [3.05, 3.63) is 0 Å². The van der Waals surface area contributed by atoms with Crippen molar-refractivity contribution in [3.63, 3.8) is 0 Å². The SMILES string of the molecule is C[C@H]1CCOC(=O)[C@]2(C3CCCCC3)O[C@H](CC1)C2(C)C. The van der Waals surface area contributed by atoms with Gasteiger partial charge in [0.05, 0.1) is 12.7 Å². The summed E-state index contributed by atoms with van der Waals surface area (Å²) in [5, 5.41) is 0. The Bertz CT molecular complexity index is 397. The van der Waals surface area contributed by atoms with E-state index in [1.165, 1.54) is 25.7 Å². The second-order valence-corrected chi connectivity index (χ2v) is 8.01. The summed E-state index contributed by atoms with van der Waals surface area (Å²) >= 11 is 0. The van der Waals surface area contributed by atoms with Crippen molar-refractivity contribution >= 4 is 5.97 Å². The minimum Gasteiger partial charge on any atom is -0.464 e. The molecule has 0 aromatic heterocycles. The van der Waals surface area contributed by atoms with E-state index in [4.69, 9.17) is 9.47 Å². The van der Waals surface area contributed by atoms with Crippen LogP contribution in [-0.2, 0) is 14.3 Å². The Kier molecular flexibility index (Phi) is 4.06. The van der Waals surface area contributed by atoms with Crippen molar-refractivity contribution in [1.82, 2.24) is 0 Å². The van der Waals surface area contributed by atoms with Crippen molar-refractivity contribution in [2.24, 2.45) is 17.3 Å². The molecule has 0 amide bonds. The van der Waals surface area contributed by atoms with Gasteiger partial charge < -0.3 is 9.47 Å². The van der Waals surface area contributed by atoms with Gasteiger partial charge in [-0.2, -0.15) is 0 Å². The standard InChI is InChI=1S/C18H30O3/c1-13-9-10-15-17(2,3)18(21-15,16(19)20-12-11-13)14-7-5-4-6-8-14/h13-15H,4-12H2,1-3H3/t13-,15-,18+/m1/s1. The van der Waals surface area contributed by atoms with E-state index < -0.39 is 5.60 Å². The summed E-state index contributed by atoms with van der Waals surface area (Å²) < 4.78 is 12.0. The number of carbonyl (C=O) groups excluding carboxylic acids is 1. The number of rotatable bonds is 1. The summed E-state index contributed by atoms with van der Waals surface area (Å²) in [5.74, 6) is 0.881. The Hall–Kier alpha value is -0.570. The number of carbonyl (C=O) groups is 1. The van der Waals surface area contributed by atoms with Crippen LogP contribution in [-0.4, -0.2) is 24.3 Å². The molecule has 0 N–H and O–H groups in total. The summed E-state index contributed by atoms with van der Waals surface area (Å²) in [4.78, 5) is 12.9. The zero-order valence-electron chi connectivity index (χ0n) is 13.8. The predicted octanol–water partition coefficient (Wildman–Crippen LogP) is 4.09. The summed E-state index contributed by atoms with van der Waals surface area (Å²) in [6, 6.07) is 0. The first kappa shape index (κ1) is 15.3. The van der Waals surface area contributed by atoms with Crippen LogP contribution >= 0.6 is 0 Å². The average Bonchev–Trinajstić information content (AvgIpc) is 2.47. The highest BCUT2D eigenvalue weighted by molar-refractivity contribution is 5.83. The molecule has 3 nitrogen and oxygen atoms in total. The highest BCUT2D eigenvalue weighted by Gasteiger charge is 2.69. The van der Waals surface area contributed by atoms with Crippen LogP contribution in [0.25, 0.3) is 0 Å². The average molecular weight is 294 g/mol. The lowest BCUT2D eigenvalue weighted by atomic mass is 9.56. The highest BCUT2D eigenvalue weighted by atomic mass is 16.6. The third-order valence-corrected chi connectivity index (χ3v) is 6.34. The molecule has 0 spiro atoms. The monoisotopic (exact) mass is 294 g/mol. The zero-order valence-corrected chi connectivity index (χ0v) is 13.8. The third-order valence-electron chi connectivity index (χ3n) is 6.34. The van der Waals surface area contributed by atoms with Gasteiger partial charge in [0.25, 0.3) is 0 Å². The number of fused-ring (bicyclic) bond motifs is 6. The fourth-order valence-corrected chi connectivity index (χ4v) is 4.77. The molecule has 2 bridgehead atoms. The van der Waals surface area contributed by atoms with E-state index in [-0.39, 0.29) is 17.5 Å². The van der Waals surface area contributed by atoms with E-state index in [9.17, 15) is 4.79 Å². The maximum atomic E-state index is 12.9. The first-order valence-electron chi connectivity index (χ1n) is 8.83. The Morgan fingerprint density at radius 2 is 1.71 bits per heavy atom. The van der Waals surface area contributed by atoms with Gasteiger partial charge in [-0.15, -0.1) is 0 Å². The molecule has 3 atom stereocenters. The first-order valence-corrected chi connectivity index (χ1v) is 8.83. The lowest BCUT2D eigenvalue weighted by molar-refractivity contribution is -0.327. The molecule has 4 aliphatic rings. The van der Waals surface area contributed by atoms with Crippen LogP contribution in [0.5, 0.6) is 0 Å². The number of ether oxygens (including phenoxy) is 2. The van der Waals surface area contributed by atoms with E-state index in [0.717, 1.165) is 25.7 Å². The van der Waals surface area contributed by atoms with Gasteiger partial charge in [-0.25, -0.2) is 4.79 Å². The van der Waals surface area contributed by atoms with Crippen molar-refractivity contribution in [3.8, 4) is 0 Å². The number of esters is 1. The van der Waals surface area contributed by atoms with Gasteiger partial charge in [0, 0.05) is 5.41 Å². The summed E-state index contributed by atoms with van der Waals surface area (Å²) in [6.07, 6.45) is 9.42. The molecule has 0 radical (unpaired) electrons. The van der Waals surface area contributed by atoms with Crippen molar-refractivity contribution in [2.45, 2.75) is 83.8 Å². The molecule has 4 rings (SSSR count). The molecule has 1 saturated carbocycles. The van der Waals surface area contributed by atoms with E-state index in [1.54, 1.807) is 0 Å². The molecule has 3 heterocycles. The topological polar surface area (TPSA) is 35.5 Å². The van der Waals surface area contributed by atoms with Crippen molar-refractivity contribution < 1.29 is 14.3 Å². The Balaban J connectivity index is 1.87. The summed E-state index contributed by atoms with van der Waals surface area (Å²) in [7, 11) is 0. The molecule has 0 unspecified atom stereocenters. The molecule has 3 aliphatic heterocycles. The zero-order chi connectivity index (χ0) is 15.1. The fraction of sp³-hybridized carbons (Fsp3) is 0.944. The van der Waals surface area contributed by atoms with E-state index in [1.807, 2.05) is 0 Å². The Morgan fingerprint density at radius 1 is 1.00 bits per heavy atom. The molecule has 4 fully saturated rings. The quantitative estimate of drug-likeness (QED) is 0.683. The normalized spacial score (nSPS) is 41.0. The van der Waals surface area contributed by atoms with E-state index in [2.05, 4.69) is 20.8 Å². The smallest absolute Gasteiger partial charge is 0.339 e. The summed E-state index contributed by atoms with van der Waals surface area (Å²) in [6.45, 7) is 7.25. The summed E-state index contributed by atoms with van der Waals surface area (Å²) in [5.41, 5.74) is -0.762. The van der Waals surface area contributed by atoms with Gasteiger partial charge in [-0.1, -0.05) is 40.0 Å². The molecule has 1 aliphatic carbocycles. The fourth-order valence-electron chi connectivity index (χ4n) is 4.77. The Morgan fingerprint density at radius 3 is 2.38 bits per heavy atom. The largest absolute Gasteiger partial charge is 0.464 e. The minimum atomic E-state index is -0.668. The first-order chi connectivity index (χ1) is 9.98. The molecular weight excluding hydrogens is 264 g/mol. The van der Waals surface area contributed by atoms with Crippen LogP contribution in [0.4, 0.5) is 0 Å². The maximum absolute atomic E-state index is 12.9. The maximum Gasteiger partial charge on any atom is 0.339 e. The molecule has 3 saturated heterocycles. The van der Waals surface area contributed by atoms with Gasteiger partial charge in [0.15, 0.2) is 5.60 Å². The lowest BCUT2D eigenvalue weighted by Crippen LogP contribution is -2.74. The Labute approximate surface area is 128 Å². The highest BCUT2D eigenvalue weighted by Crippen LogP contribution is 2.59. The van der Waals surface area contributed by atoms with Gasteiger partial charge in [0.2, 0.25) is 0 Å². The van der Waals surface area contributed by atoms with Crippen LogP contribution in [0.2, 0.25) is 0 Å². The number of hydrogen-bond acceptors (Lipinski definition) is 3. The lowest BCUT2D eigenvalue weighted by Gasteiger charge is -2.63. The van der Waals surface area contributed by atoms with Gasteiger partial charge in [-0.05, 0) is 43.9 Å². The minimum absolute atomic E-state index is 0.0789. The van der Waals surface area contributed by atoms with Crippen LogP contribution in [0.3, 0.4) is 0 Å². The molecule has 120 valence electrons. The second-order valence-electron chi connectivity index (χ2n) is 8.01. The molecule has 0 aromatic carbocycles. The predicted molar refractivity (Wildman–Crippen MR) is 81.9 cm³/mol. The van der Waals surface area contributed by atoms with Gasteiger partial charge in [0.1, 0.15) is 0 Å². The van der Waals surface area contributed by atoms with Crippen LogP contribution in [0, 0.1) is 17.3 Å². The van der Waals surface area contributed by atoms with E-state index in [0.29, 0.717) is 18.4 Å². The van der Waals surface area contributed by atoms with Crippen LogP contribution in [0.15, 0.2) is 0 Å². The van der Waals surface area contributed by atoms with Crippen LogP contribution in [0.1, 0.15) is 72.1 Å². The third kappa shape index (κ3) is 2.32. The molecule has 3 heteroatoms. The van der Waals surface area contributed by atoms with Gasteiger partial charge >= 0.3 is 5.97 Å². The second kappa shape index (κ2) is 5.57. The molecule has 0 aromatic rings. The molecule has 21 heavy (non-hydrogen) atoms. The van der Waals surface area contributed by atoms with Crippen molar-refractivity contribution in [2.75, 3.05) is 6.61 Å². The van der Waals surface area contributed by atoms with Crippen LogP contribution < -0.4 is 0 Å². The van der Waals surface area contributed by atoms with Gasteiger partial charge in [-0.3, -0.25) is 0 Å². The molecular formula is C18H30O3. The number of hydrogen-bond donors (Lipinski definition) is 0. The van der Waals surface area contributed by atoms with Crippen molar-refractivity contribution in [1.29, 1.82) is 0 Å². The van der Waals surface area contributed by atoms with E-state index >= 15 is 0 Å².